The second kappa shape index (κ2) is 6.21. The van der Waals surface area contributed by atoms with Crippen molar-refractivity contribution in [2.45, 2.75) is 23.8 Å². The highest BCUT2D eigenvalue weighted by molar-refractivity contribution is 7.99. The summed E-state index contributed by atoms with van der Waals surface area (Å²) in [7, 11) is -3.45. The maximum Gasteiger partial charge on any atom is 0.240 e. The summed E-state index contributed by atoms with van der Waals surface area (Å²) >= 11 is 6.62. The first-order valence-electron chi connectivity index (χ1n) is 5.99. The van der Waals surface area contributed by atoms with Gasteiger partial charge in [-0.3, -0.25) is 0 Å². The van der Waals surface area contributed by atoms with Gasteiger partial charge in [0.2, 0.25) is 10.0 Å². The molecule has 1 aliphatic rings. The Labute approximate surface area is 123 Å². The van der Waals surface area contributed by atoms with Crippen LogP contribution in [-0.2, 0) is 10.0 Å². The summed E-state index contributed by atoms with van der Waals surface area (Å²) in [5, 5.41) is 0. The Kier molecular flexibility index (Phi) is 4.83. The first kappa shape index (κ1) is 14.8. The number of rotatable bonds is 4. The van der Waals surface area contributed by atoms with Crippen molar-refractivity contribution < 1.29 is 8.42 Å². The van der Waals surface area contributed by atoms with Crippen molar-refractivity contribution in [3.63, 3.8) is 0 Å². The lowest BCUT2D eigenvalue weighted by Crippen LogP contribution is -2.38. The van der Waals surface area contributed by atoms with Crippen molar-refractivity contribution in [3.8, 4) is 0 Å². The molecule has 0 aromatic heterocycles. The molecule has 0 aliphatic carbocycles. The van der Waals surface area contributed by atoms with E-state index in [1.807, 2.05) is 0 Å². The summed E-state index contributed by atoms with van der Waals surface area (Å²) < 4.78 is 27.1. The van der Waals surface area contributed by atoms with E-state index in [2.05, 4.69) is 4.72 Å². The fraction of sp³-hybridized carbons (Fsp3) is 0.417. The van der Waals surface area contributed by atoms with Crippen LogP contribution in [0.4, 0.5) is 0 Å². The Morgan fingerprint density at radius 3 is 2.58 bits per heavy atom. The fourth-order valence-electron chi connectivity index (χ4n) is 1.92. The van der Waals surface area contributed by atoms with Gasteiger partial charge in [0.25, 0.3) is 0 Å². The number of thiocarbonyl (C=S) groups is 1. The van der Waals surface area contributed by atoms with Crippen molar-refractivity contribution in [3.05, 3.63) is 29.8 Å². The molecule has 7 heteroatoms. The number of thioether (sulfide) groups is 1. The van der Waals surface area contributed by atoms with Gasteiger partial charge in [-0.05, 0) is 30.7 Å². The van der Waals surface area contributed by atoms with Crippen molar-refractivity contribution in [2.75, 3.05) is 11.5 Å². The van der Waals surface area contributed by atoms with Crippen LogP contribution in [0.2, 0.25) is 0 Å². The van der Waals surface area contributed by atoms with E-state index in [4.69, 9.17) is 18.0 Å². The number of nitrogens with two attached hydrogens (primary N) is 1. The maximum absolute atomic E-state index is 12.2. The molecule has 1 aromatic rings. The number of hydrogen-bond acceptors (Lipinski definition) is 4. The molecule has 1 aromatic carbocycles. The summed E-state index contributed by atoms with van der Waals surface area (Å²) in [6.45, 7) is 0. The van der Waals surface area contributed by atoms with Crippen molar-refractivity contribution >= 4 is 39.0 Å². The van der Waals surface area contributed by atoms with Gasteiger partial charge in [0, 0.05) is 17.4 Å². The van der Waals surface area contributed by atoms with Crippen LogP contribution >= 0.6 is 24.0 Å². The first-order valence-corrected chi connectivity index (χ1v) is 9.03. The largest absolute Gasteiger partial charge is 0.389 e. The number of benzene rings is 1. The minimum absolute atomic E-state index is 0.0269. The van der Waals surface area contributed by atoms with Crippen LogP contribution in [0.5, 0.6) is 0 Å². The van der Waals surface area contributed by atoms with Gasteiger partial charge in [-0.2, -0.15) is 11.8 Å². The molecule has 0 bridgehead atoms. The number of nitrogens with one attached hydrogen (secondary N) is 1. The fourth-order valence-corrected chi connectivity index (χ4v) is 4.50. The zero-order valence-corrected chi connectivity index (χ0v) is 12.8. The normalized spacial score (nSPS) is 20.1. The average Bonchev–Trinajstić information content (AvgIpc) is 2.39. The lowest BCUT2D eigenvalue weighted by Gasteiger charge is -2.22. The predicted octanol–water partition coefficient (Wildman–Crippen LogP) is 1.49. The van der Waals surface area contributed by atoms with Gasteiger partial charge in [-0.15, -0.1) is 0 Å². The molecule has 3 N–H and O–H groups in total. The first-order chi connectivity index (χ1) is 8.99. The van der Waals surface area contributed by atoms with Crippen LogP contribution in [0.3, 0.4) is 0 Å². The van der Waals surface area contributed by atoms with Crippen molar-refractivity contribution in [2.24, 2.45) is 5.73 Å². The molecule has 0 radical (unpaired) electrons. The van der Waals surface area contributed by atoms with Crippen LogP contribution in [-0.4, -0.2) is 31.0 Å². The zero-order valence-electron chi connectivity index (χ0n) is 10.3. The van der Waals surface area contributed by atoms with Gasteiger partial charge in [-0.1, -0.05) is 24.4 Å². The monoisotopic (exact) mass is 316 g/mol. The quantitative estimate of drug-likeness (QED) is 0.824. The van der Waals surface area contributed by atoms with Crippen LogP contribution in [0.1, 0.15) is 18.4 Å². The van der Waals surface area contributed by atoms with Crippen LogP contribution < -0.4 is 10.5 Å². The predicted molar refractivity (Wildman–Crippen MR) is 83.0 cm³/mol. The highest BCUT2D eigenvalue weighted by atomic mass is 32.2. The summed E-state index contributed by atoms with van der Waals surface area (Å²) in [6.07, 6.45) is 1.95. The molecule has 1 atom stereocenters. The summed E-state index contributed by atoms with van der Waals surface area (Å²) in [4.78, 5) is 0.517. The second-order valence-corrected chi connectivity index (χ2v) is 7.73. The van der Waals surface area contributed by atoms with Crippen molar-refractivity contribution in [1.82, 2.24) is 4.72 Å². The van der Waals surface area contributed by atoms with E-state index in [1.165, 1.54) is 12.1 Å². The minimum Gasteiger partial charge on any atom is -0.389 e. The van der Waals surface area contributed by atoms with E-state index < -0.39 is 10.0 Å². The van der Waals surface area contributed by atoms with Gasteiger partial charge >= 0.3 is 0 Å². The Morgan fingerprint density at radius 1 is 1.37 bits per heavy atom. The topological polar surface area (TPSA) is 72.2 Å². The third kappa shape index (κ3) is 3.92. The molecule has 0 saturated carbocycles. The van der Waals surface area contributed by atoms with Gasteiger partial charge in [-0.25, -0.2) is 13.1 Å². The Morgan fingerprint density at radius 2 is 2.05 bits per heavy atom. The highest BCUT2D eigenvalue weighted by Crippen LogP contribution is 2.19. The van der Waals surface area contributed by atoms with E-state index in [0.717, 1.165) is 24.3 Å². The highest BCUT2D eigenvalue weighted by Gasteiger charge is 2.21. The van der Waals surface area contributed by atoms with Crippen molar-refractivity contribution in [1.29, 1.82) is 0 Å². The molecule has 0 spiro atoms. The third-order valence-corrected chi connectivity index (χ3v) is 5.92. The van der Waals surface area contributed by atoms with Crippen LogP contribution in [0.15, 0.2) is 29.2 Å². The number of hydrogen-bond donors (Lipinski definition) is 2. The molecular weight excluding hydrogens is 300 g/mol. The Hall–Kier alpha value is -0.630. The molecule has 4 nitrogen and oxygen atoms in total. The minimum atomic E-state index is -3.45. The van der Waals surface area contributed by atoms with E-state index in [-0.39, 0.29) is 15.9 Å². The maximum atomic E-state index is 12.2. The number of sulfonamides is 1. The van der Waals surface area contributed by atoms with Gasteiger partial charge in [0.05, 0.1) is 4.90 Å². The molecule has 2 rings (SSSR count). The Balaban J connectivity index is 2.12. The average molecular weight is 316 g/mol. The van der Waals surface area contributed by atoms with Gasteiger partial charge in [0.15, 0.2) is 0 Å². The van der Waals surface area contributed by atoms with E-state index >= 15 is 0 Å². The van der Waals surface area contributed by atoms with Gasteiger partial charge in [0.1, 0.15) is 4.99 Å². The smallest absolute Gasteiger partial charge is 0.240 e. The van der Waals surface area contributed by atoms with Crippen LogP contribution in [0, 0.1) is 0 Å². The summed E-state index contributed by atoms with van der Waals surface area (Å²) in [5.74, 6) is 1.95. The molecule has 1 fully saturated rings. The standard InChI is InChI=1S/C12H16N2O2S3/c13-12(17)9-3-5-11(6-4-9)19(15,16)14-10-2-1-7-18-8-10/h3-6,10,14H,1-2,7-8H2,(H2,13,17). The van der Waals surface area contributed by atoms with Crippen LogP contribution in [0.25, 0.3) is 0 Å². The molecule has 1 aliphatic heterocycles. The molecule has 1 unspecified atom stereocenters. The SMILES string of the molecule is NC(=S)c1ccc(S(=O)(=O)NC2CCCSC2)cc1. The lowest BCUT2D eigenvalue weighted by atomic mass is 10.2. The molecule has 1 heterocycles. The van der Waals surface area contributed by atoms with Gasteiger partial charge < -0.3 is 5.73 Å². The van der Waals surface area contributed by atoms with E-state index in [0.29, 0.717) is 5.56 Å². The molecule has 19 heavy (non-hydrogen) atoms. The lowest BCUT2D eigenvalue weighted by molar-refractivity contribution is 0.543. The van der Waals surface area contributed by atoms with E-state index in [1.54, 1.807) is 23.9 Å². The summed E-state index contributed by atoms with van der Waals surface area (Å²) in [5.41, 5.74) is 6.15. The molecular formula is C12H16N2O2S3. The zero-order chi connectivity index (χ0) is 13.9. The second-order valence-electron chi connectivity index (χ2n) is 4.42. The molecule has 1 saturated heterocycles. The molecule has 0 amide bonds. The Bertz CT molecular complexity index is 549. The third-order valence-electron chi connectivity index (χ3n) is 2.93. The summed E-state index contributed by atoms with van der Waals surface area (Å²) in [6, 6.07) is 6.36. The molecule has 104 valence electrons. The van der Waals surface area contributed by atoms with E-state index in [9.17, 15) is 8.42 Å².